The number of nitrogens with zero attached hydrogens (tertiary/aromatic N) is 3. The molecule has 0 saturated carbocycles. The molecular formula is C15H17N3O2. The van der Waals surface area contributed by atoms with Crippen molar-refractivity contribution in [1.29, 1.82) is 0 Å². The largest absolute Gasteiger partial charge is 0.378 e. The molecule has 0 unspecified atom stereocenters. The highest BCUT2D eigenvalue weighted by Crippen LogP contribution is 2.22. The lowest BCUT2D eigenvalue weighted by molar-refractivity contribution is 0.111. The van der Waals surface area contributed by atoms with Gasteiger partial charge in [0.25, 0.3) is 5.56 Å². The summed E-state index contributed by atoms with van der Waals surface area (Å²) in [5.74, 6) is 0. The van der Waals surface area contributed by atoms with Crippen molar-refractivity contribution < 1.29 is 4.79 Å². The van der Waals surface area contributed by atoms with Crippen LogP contribution in [0.1, 0.15) is 16.2 Å². The lowest BCUT2D eigenvalue weighted by atomic mass is 10.1. The van der Waals surface area contributed by atoms with Crippen LogP contribution in [0.3, 0.4) is 0 Å². The van der Waals surface area contributed by atoms with Gasteiger partial charge >= 0.3 is 0 Å². The van der Waals surface area contributed by atoms with Crippen LogP contribution in [0.5, 0.6) is 0 Å². The molecular weight excluding hydrogens is 254 g/mol. The Morgan fingerprint density at radius 2 is 1.80 bits per heavy atom. The first-order chi connectivity index (χ1) is 9.45. The van der Waals surface area contributed by atoms with E-state index in [1.165, 1.54) is 4.57 Å². The number of carbonyl (C=O) groups is 1. The van der Waals surface area contributed by atoms with Gasteiger partial charge in [0.15, 0.2) is 12.0 Å². The van der Waals surface area contributed by atoms with Gasteiger partial charge in [-0.05, 0) is 19.1 Å². The zero-order valence-electron chi connectivity index (χ0n) is 12.0. The number of hydrogen-bond acceptors (Lipinski definition) is 4. The summed E-state index contributed by atoms with van der Waals surface area (Å²) in [6, 6.07) is 7.82. The van der Waals surface area contributed by atoms with E-state index in [4.69, 9.17) is 0 Å². The van der Waals surface area contributed by atoms with Crippen molar-refractivity contribution in [2.45, 2.75) is 6.92 Å². The molecule has 0 bridgehead atoms. The van der Waals surface area contributed by atoms with Crippen molar-refractivity contribution in [2.24, 2.45) is 7.05 Å². The van der Waals surface area contributed by atoms with Crippen molar-refractivity contribution in [2.75, 3.05) is 19.0 Å². The van der Waals surface area contributed by atoms with Gasteiger partial charge in [-0.15, -0.1) is 0 Å². The maximum Gasteiger partial charge on any atom is 0.279 e. The maximum atomic E-state index is 11.8. The zero-order chi connectivity index (χ0) is 14.9. The molecule has 20 heavy (non-hydrogen) atoms. The summed E-state index contributed by atoms with van der Waals surface area (Å²) in [6.45, 7) is 1.82. The lowest BCUT2D eigenvalue weighted by Crippen LogP contribution is -2.25. The average molecular weight is 271 g/mol. The van der Waals surface area contributed by atoms with Crippen molar-refractivity contribution in [1.82, 2.24) is 9.55 Å². The molecule has 104 valence electrons. The fourth-order valence-corrected chi connectivity index (χ4v) is 2.00. The maximum absolute atomic E-state index is 11.8. The van der Waals surface area contributed by atoms with Gasteiger partial charge in [-0.1, -0.05) is 12.1 Å². The molecule has 0 amide bonds. The second kappa shape index (κ2) is 5.28. The van der Waals surface area contributed by atoms with E-state index in [0.29, 0.717) is 12.0 Å². The van der Waals surface area contributed by atoms with Crippen molar-refractivity contribution >= 4 is 12.0 Å². The summed E-state index contributed by atoms with van der Waals surface area (Å²) in [7, 11) is 5.58. The molecule has 5 heteroatoms. The van der Waals surface area contributed by atoms with Crippen LogP contribution in [0.25, 0.3) is 11.3 Å². The molecule has 0 atom stereocenters. The molecule has 0 aliphatic heterocycles. The Balaban J connectivity index is 2.60. The molecule has 1 aromatic carbocycles. The van der Waals surface area contributed by atoms with Crippen LogP contribution in [-0.2, 0) is 7.05 Å². The number of rotatable bonds is 3. The van der Waals surface area contributed by atoms with Gasteiger partial charge in [0.1, 0.15) is 0 Å². The summed E-state index contributed by atoms with van der Waals surface area (Å²) in [4.78, 5) is 28.9. The summed E-state index contributed by atoms with van der Waals surface area (Å²) in [6.07, 6.45) is 0.499. The van der Waals surface area contributed by atoms with Gasteiger partial charge in [-0.2, -0.15) is 0 Å². The third kappa shape index (κ3) is 2.34. The highest BCUT2D eigenvalue weighted by Gasteiger charge is 2.12. The second-order valence-electron chi connectivity index (χ2n) is 4.85. The molecule has 0 fully saturated rings. The summed E-state index contributed by atoms with van der Waals surface area (Å²) >= 11 is 0. The number of aldehydes is 1. The molecule has 0 aliphatic rings. The first kappa shape index (κ1) is 14.0. The average Bonchev–Trinajstić information content (AvgIpc) is 2.45. The Labute approximate surface area is 117 Å². The first-order valence-electron chi connectivity index (χ1n) is 6.26. The minimum Gasteiger partial charge on any atom is -0.378 e. The number of carbonyl (C=O) groups excluding carboxylic acids is 1. The van der Waals surface area contributed by atoms with Crippen LogP contribution >= 0.6 is 0 Å². The van der Waals surface area contributed by atoms with Crippen LogP contribution < -0.4 is 10.5 Å². The van der Waals surface area contributed by atoms with E-state index >= 15 is 0 Å². The monoisotopic (exact) mass is 271 g/mol. The van der Waals surface area contributed by atoms with Gasteiger partial charge in [0.2, 0.25) is 0 Å². The van der Waals surface area contributed by atoms with E-state index in [1.54, 1.807) is 7.05 Å². The fourth-order valence-electron chi connectivity index (χ4n) is 2.00. The molecule has 2 rings (SSSR count). The number of benzene rings is 1. The first-order valence-corrected chi connectivity index (χ1v) is 6.26. The fraction of sp³-hybridized carbons (Fsp3) is 0.267. The van der Waals surface area contributed by atoms with Crippen molar-refractivity contribution in [3.05, 3.63) is 46.0 Å². The Kier molecular flexibility index (Phi) is 3.70. The third-order valence-corrected chi connectivity index (χ3v) is 3.37. The molecule has 0 radical (unpaired) electrons. The van der Waals surface area contributed by atoms with Crippen LogP contribution in [0.4, 0.5) is 5.69 Å². The molecule has 0 saturated heterocycles. The van der Waals surface area contributed by atoms with Gasteiger partial charge < -0.3 is 9.47 Å². The molecule has 1 aromatic heterocycles. The lowest BCUT2D eigenvalue weighted by Gasteiger charge is -2.14. The highest BCUT2D eigenvalue weighted by molar-refractivity contribution is 5.74. The molecule has 2 aromatic rings. The number of anilines is 1. The van der Waals surface area contributed by atoms with Crippen molar-refractivity contribution in [3.8, 4) is 11.3 Å². The van der Waals surface area contributed by atoms with Crippen molar-refractivity contribution in [3.63, 3.8) is 0 Å². The minimum absolute atomic E-state index is 0.0650. The summed E-state index contributed by atoms with van der Waals surface area (Å²) in [5.41, 5.74) is 2.91. The summed E-state index contributed by atoms with van der Waals surface area (Å²) in [5, 5.41) is 0. The predicted octanol–water partition coefficient (Wildman–Crippen LogP) is 1.63. The predicted molar refractivity (Wildman–Crippen MR) is 79.4 cm³/mol. The van der Waals surface area contributed by atoms with Crippen LogP contribution in [0.15, 0.2) is 29.1 Å². The smallest absolute Gasteiger partial charge is 0.279 e. The molecule has 0 spiro atoms. The Bertz CT molecular complexity index is 700. The SMILES string of the molecule is Cc1c(-c2ccc(N(C)C)cc2)nc(C=O)c(=O)n1C. The van der Waals surface area contributed by atoms with Gasteiger partial charge in [-0.25, -0.2) is 4.98 Å². The van der Waals surface area contributed by atoms with E-state index < -0.39 is 0 Å². The van der Waals surface area contributed by atoms with E-state index in [9.17, 15) is 9.59 Å². The zero-order valence-corrected chi connectivity index (χ0v) is 12.0. The molecule has 1 heterocycles. The normalized spacial score (nSPS) is 10.4. The number of aromatic nitrogens is 2. The van der Waals surface area contributed by atoms with E-state index in [0.717, 1.165) is 16.9 Å². The van der Waals surface area contributed by atoms with E-state index in [-0.39, 0.29) is 11.3 Å². The van der Waals surface area contributed by atoms with Gasteiger partial charge in [0.05, 0.1) is 5.69 Å². The third-order valence-electron chi connectivity index (χ3n) is 3.37. The Hall–Kier alpha value is -2.43. The Morgan fingerprint density at radius 3 is 2.30 bits per heavy atom. The highest BCUT2D eigenvalue weighted by atomic mass is 16.1. The molecule has 0 N–H and O–H groups in total. The van der Waals surface area contributed by atoms with Crippen LogP contribution in [0, 0.1) is 6.92 Å². The molecule has 0 aliphatic carbocycles. The van der Waals surface area contributed by atoms with Crippen LogP contribution in [0.2, 0.25) is 0 Å². The minimum atomic E-state index is -0.369. The number of hydrogen-bond donors (Lipinski definition) is 0. The van der Waals surface area contributed by atoms with Gasteiger partial charge in [-0.3, -0.25) is 9.59 Å². The quantitative estimate of drug-likeness (QED) is 0.796. The molecule has 5 nitrogen and oxygen atoms in total. The van der Waals surface area contributed by atoms with E-state index in [1.807, 2.05) is 50.2 Å². The standard InChI is InChI=1S/C15H17N3O2/c1-10-14(16-13(9-19)15(20)18(10)4)11-5-7-12(8-6-11)17(2)3/h5-9H,1-4H3. The summed E-state index contributed by atoms with van der Waals surface area (Å²) < 4.78 is 1.45. The topological polar surface area (TPSA) is 55.2 Å². The second-order valence-corrected chi connectivity index (χ2v) is 4.85. The Morgan fingerprint density at radius 1 is 1.20 bits per heavy atom. The van der Waals surface area contributed by atoms with E-state index in [2.05, 4.69) is 4.98 Å². The van der Waals surface area contributed by atoms with Crippen LogP contribution in [-0.4, -0.2) is 29.9 Å². The van der Waals surface area contributed by atoms with Gasteiger partial charge in [0, 0.05) is 38.1 Å².